The van der Waals surface area contributed by atoms with E-state index in [2.05, 4.69) is 9.62 Å². The SMILES string of the molecule is COc1ccc(C(CNS(C)(=O)=O)N2CCOCC2)cc1. The number of ether oxygens (including phenoxy) is 2. The lowest BCUT2D eigenvalue weighted by molar-refractivity contribution is 0.0172. The monoisotopic (exact) mass is 314 g/mol. The summed E-state index contributed by atoms with van der Waals surface area (Å²) in [6.45, 7) is 3.28. The van der Waals surface area contributed by atoms with Crippen molar-refractivity contribution < 1.29 is 17.9 Å². The van der Waals surface area contributed by atoms with Crippen LogP contribution >= 0.6 is 0 Å². The lowest BCUT2D eigenvalue weighted by Crippen LogP contribution is -2.43. The number of nitrogens with zero attached hydrogens (tertiary/aromatic N) is 1. The molecule has 0 aromatic heterocycles. The molecule has 0 saturated carbocycles. The van der Waals surface area contributed by atoms with Crippen molar-refractivity contribution in [3.63, 3.8) is 0 Å². The molecule has 0 amide bonds. The zero-order valence-electron chi connectivity index (χ0n) is 12.4. The maximum absolute atomic E-state index is 11.4. The van der Waals surface area contributed by atoms with E-state index in [1.54, 1.807) is 7.11 Å². The highest BCUT2D eigenvalue weighted by molar-refractivity contribution is 7.88. The van der Waals surface area contributed by atoms with Gasteiger partial charge in [0, 0.05) is 25.7 Å². The molecule has 0 radical (unpaired) electrons. The second kappa shape index (κ2) is 7.22. The maximum Gasteiger partial charge on any atom is 0.208 e. The second-order valence-electron chi connectivity index (χ2n) is 5.06. The summed E-state index contributed by atoms with van der Waals surface area (Å²) in [5.41, 5.74) is 1.06. The van der Waals surface area contributed by atoms with Gasteiger partial charge in [0.1, 0.15) is 5.75 Å². The van der Waals surface area contributed by atoms with Crippen LogP contribution in [0.4, 0.5) is 0 Å². The quantitative estimate of drug-likeness (QED) is 0.833. The first kappa shape index (κ1) is 16.2. The topological polar surface area (TPSA) is 67.9 Å². The van der Waals surface area contributed by atoms with Gasteiger partial charge in [-0.05, 0) is 17.7 Å². The normalized spacial score (nSPS) is 18.4. The van der Waals surface area contributed by atoms with E-state index in [-0.39, 0.29) is 6.04 Å². The fraction of sp³-hybridized carbons (Fsp3) is 0.571. The van der Waals surface area contributed by atoms with Crippen molar-refractivity contribution in [3.05, 3.63) is 29.8 Å². The van der Waals surface area contributed by atoms with Gasteiger partial charge in [-0.1, -0.05) is 12.1 Å². The highest BCUT2D eigenvalue weighted by Crippen LogP contribution is 2.23. The van der Waals surface area contributed by atoms with Gasteiger partial charge in [0.05, 0.1) is 26.6 Å². The summed E-state index contributed by atoms with van der Waals surface area (Å²) in [4.78, 5) is 2.24. The Hall–Kier alpha value is -1.15. The van der Waals surface area contributed by atoms with Crippen LogP contribution < -0.4 is 9.46 Å². The average molecular weight is 314 g/mol. The van der Waals surface area contributed by atoms with Gasteiger partial charge in [-0.15, -0.1) is 0 Å². The molecule has 1 heterocycles. The fourth-order valence-electron chi connectivity index (χ4n) is 2.40. The molecule has 1 fully saturated rings. The molecule has 1 aromatic rings. The van der Waals surface area contributed by atoms with Crippen molar-refractivity contribution in [1.82, 2.24) is 9.62 Å². The van der Waals surface area contributed by atoms with Crippen LogP contribution in [-0.4, -0.2) is 59.5 Å². The molecule has 7 heteroatoms. The van der Waals surface area contributed by atoms with E-state index in [9.17, 15) is 8.42 Å². The van der Waals surface area contributed by atoms with Gasteiger partial charge in [0.2, 0.25) is 10.0 Å². The third-order valence-corrected chi connectivity index (χ3v) is 4.22. The number of morpholine rings is 1. The molecule has 1 saturated heterocycles. The number of benzene rings is 1. The van der Waals surface area contributed by atoms with Gasteiger partial charge in [-0.3, -0.25) is 4.90 Å². The minimum Gasteiger partial charge on any atom is -0.497 e. The average Bonchev–Trinajstić information content (AvgIpc) is 2.48. The third-order valence-electron chi connectivity index (χ3n) is 3.53. The Balaban J connectivity index is 2.16. The number of hydrogen-bond acceptors (Lipinski definition) is 5. The molecule has 1 aliphatic heterocycles. The predicted molar refractivity (Wildman–Crippen MR) is 81.0 cm³/mol. The van der Waals surface area contributed by atoms with Crippen molar-refractivity contribution >= 4 is 10.0 Å². The van der Waals surface area contributed by atoms with E-state index >= 15 is 0 Å². The minimum atomic E-state index is -3.21. The first-order valence-electron chi connectivity index (χ1n) is 6.90. The van der Waals surface area contributed by atoms with Gasteiger partial charge in [0.25, 0.3) is 0 Å². The summed E-state index contributed by atoms with van der Waals surface area (Å²) < 4.78 is 35.9. The lowest BCUT2D eigenvalue weighted by atomic mass is 10.0. The van der Waals surface area contributed by atoms with Crippen molar-refractivity contribution in [2.45, 2.75) is 6.04 Å². The molecule has 6 nitrogen and oxygen atoms in total. The van der Waals surface area contributed by atoms with Gasteiger partial charge in [0.15, 0.2) is 0 Å². The maximum atomic E-state index is 11.4. The summed E-state index contributed by atoms with van der Waals surface area (Å²) in [6.07, 6.45) is 1.18. The molecule has 0 aliphatic carbocycles. The van der Waals surface area contributed by atoms with Crippen LogP contribution in [0.15, 0.2) is 24.3 Å². The first-order valence-corrected chi connectivity index (χ1v) is 8.79. The number of methoxy groups -OCH3 is 1. The molecule has 1 aliphatic rings. The van der Waals surface area contributed by atoms with Gasteiger partial charge >= 0.3 is 0 Å². The summed E-state index contributed by atoms with van der Waals surface area (Å²) in [7, 11) is -1.59. The summed E-state index contributed by atoms with van der Waals surface area (Å²) in [5, 5.41) is 0. The molecule has 0 spiro atoms. The number of rotatable bonds is 6. The molecule has 1 atom stereocenters. The van der Waals surface area contributed by atoms with E-state index in [1.165, 1.54) is 6.26 Å². The van der Waals surface area contributed by atoms with Crippen LogP contribution in [0.3, 0.4) is 0 Å². The van der Waals surface area contributed by atoms with Gasteiger partial charge < -0.3 is 9.47 Å². The van der Waals surface area contributed by atoms with Crippen LogP contribution in [-0.2, 0) is 14.8 Å². The molecule has 118 valence electrons. The molecule has 1 unspecified atom stereocenters. The Morgan fingerprint density at radius 1 is 1.29 bits per heavy atom. The van der Waals surface area contributed by atoms with Crippen LogP contribution in [0.1, 0.15) is 11.6 Å². The smallest absolute Gasteiger partial charge is 0.208 e. The van der Waals surface area contributed by atoms with E-state index < -0.39 is 10.0 Å². The zero-order valence-corrected chi connectivity index (χ0v) is 13.2. The highest BCUT2D eigenvalue weighted by atomic mass is 32.2. The Morgan fingerprint density at radius 3 is 2.43 bits per heavy atom. The van der Waals surface area contributed by atoms with Crippen molar-refractivity contribution in [2.24, 2.45) is 0 Å². The largest absolute Gasteiger partial charge is 0.497 e. The number of sulfonamides is 1. The molecule has 1 aromatic carbocycles. The predicted octanol–water partition coefficient (Wildman–Crippen LogP) is 0.618. The third kappa shape index (κ3) is 4.96. The Morgan fingerprint density at radius 2 is 1.90 bits per heavy atom. The van der Waals surface area contributed by atoms with Crippen LogP contribution in [0, 0.1) is 0 Å². The summed E-state index contributed by atoms with van der Waals surface area (Å²) in [5.74, 6) is 0.788. The highest BCUT2D eigenvalue weighted by Gasteiger charge is 2.23. The second-order valence-corrected chi connectivity index (χ2v) is 6.89. The minimum absolute atomic E-state index is 0.00506. The van der Waals surface area contributed by atoms with E-state index in [4.69, 9.17) is 9.47 Å². The van der Waals surface area contributed by atoms with Crippen LogP contribution in [0.5, 0.6) is 5.75 Å². The molecule has 0 bridgehead atoms. The number of hydrogen-bond donors (Lipinski definition) is 1. The molecular formula is C14H22N2O4S. The van der Waals surface area contributed by atoms with Gasteiger partial charge in [-0.2, -0.15) is 0 Å². The zero-order chi connectivity index (χ0) is 15.3. The Bertz CT molecular complexity index is 539. The van der Waals surface area contributed by atoms with E-state index in [0.717, 1.165) is 24.4 Å². The Labute approximate surface area is 126 Å². The van der Waals surface area contributed by atoms with Crippen molar-refractivity contribution in [2.75, 3.05) is 46.2 Å². The van der Waals surface area contributed by atoms with Crippen LogP contribution in [0.2, 0.25) is 0 Å². The van der Waals surface area contributed by atoms with Gasteiger partial charge in [-0.25, -0.2) is 13.1 Å². The van der Waals surface area contributed by atoms with E-state index in [0.29, 0.717) is 19.8 Å². The standard InChI is InChI=1S/C14H22N2O4S/c1-19-13-5-3-12(4-6-13)14(11-15-21(2,17)18)16-7-9-20-10-8-16/h3-6,14-15H,7-11H2,1-2H3. The molecular weight excluding hydrogens is 292 g/mol. The summed E-state index contributed by atoms with van der Waals surface area (Å²) >= 11 is 0. The van der Waals surface area contributed by atoms with Crippen molar-refractivity contribution in [3.8, 4) is 5.75 Å². The van der Waals surface area contributed by atoms with Crippen LogP contribution in [0.25, 0.3) is 0 Å². The molecule has 21 heavy (non-hydrogen) atoms. The fourth-order valence-corrected chi connectivity index (χ4v) is 2.86. The lowest BCUT2D eigenvalue weighted by Gasteiger charge is -2.34. The molecule has 1 N–H and O–H groups in total. The molecule has 2 rings (SSSR count). The van der Waals surface area contributed by atoms with Crippen molar-refractivity contribution in [1.29, 1.82) is 0 Å². The first-order chi connectivity index (χ1) is 9.99. The Kier molecular flexibility index (Phi) is 5.58. The number of nitrogens with one attached hydrogen (secondary N) is 1. The van der Waals surface area contributed by atoms with E-state index in [1.807, 2.05) is 24.3 Å². The summed E-state index contributed by atoms with van der Waals surface area (Å²) in [6, 6.07) is 7.73.